The van der Waals surface area contributed by atoms with Gasteiger partial charge in [0.25, 0.3) is 0 Å². The van der Waals surface area contributed by atoms with Crippen LogP contribution in [0, 0.1) is 0 Å². The molecule has 0 heterocycles. The lowest BCUT2D eigenvalue weighted by Crippen LogP contribution is -2.08. The Morgan fingerprint density at radius 2 is 1.94 bits per heavy atom. The van der Waals surface area contributed by atoms with Gasteiger partial charge in [-0.2, -0.15) is 0 Å². The number of Topliss-reactive ketones (excluding diaryl/α,β-unsaturated/α-hetero) is 1. The number of methoxy groups -OCH3 is 1. The van der Waals surface area contributed by atoms with E-state index in [2.05, 4.69) is 0 Å². The third-order valence-electron chi connectivity index (χ3n) is 2.34. The number of benzene rings is 1. The quantitative estimate of drug-likeness (QED) is 0.582. The minimum Gasteiger partial charge on any atom is -0.496 e. The van der Waals surface area contributed by atoms with Crippen molar-refractivity contribution in [2.75, 3.05) is 13.7 Å². The normalized spacial score (nSPS) is 9.82. The molecule has 0 unspecified atom stereocenters. The third kappa shape index (κ3) is 3.06. The molecule has 4 heteroatoms. The molecule has 0 spiro atoms. The van der Waals surface area contributed by atoms with Gasteiger partial charge in [-0.1, -0.05) is 6.92 Å². The molecule has 0 amide bonds. The van der Waals surface area contributed by atoms with E-state index >= 15 is 0 Å². The first-order valence-electron chi connectivity index (χ1n) is 5.52. The molecule has 1 rings (SSSR count). The summed E-state index contributed by atoms with van der Waals surface area (Å²) in [5.41, 5.74) is 0.782. The maximum atomic E-state index is 11.7. The Bertz CT molecular complexity index is 423. The van der Waals surface area contributed by atoms with Crippen LogP contribution in [-0.4, -0.2) is 25.5 Å². The average Bonchev–Trinajstić information content (AvgIpc) is 2.37. The van der Waals surface area contributed by atoms with Crippen molar-refractivity contribution in [1.82, 2.24) is 0 Å². The zero-order valence-corrected chi connectivity index (χ0v) is 10.3. The summed E-state index contributed by atoms with van der Waals surface area (Å²) in [6, 6.07) is 4.77. The van der Waals surface area contributed by atoms with Crippen LogP contribution < -0.4 is 4.74 Å². The van der Waals surface area contributed by atoms with Crippen LogP contribution in [0.5, 0.6) is 5.75 Å². The molecule has 0 N–H and O–H groups in total. The summed E-state index contributed by atoms with van der Waals surface area (Å²) in [6.45, 7) is 3.79. The minimum atomic E-state index is -0.477. The number of carbonyl (C=O) groups excluding carboxylic acids is 2. The second kappa shape index (κ2) is 6.03. The Morgan fingerprint density at radius 1 is 1.24 bits per heavy atom. The highest BCUT2D eigenvalue weighted by Crippen LogP contribution is 2.21. The van der Waals surface area contributed by atoms with Gasteiger partial charge in [-0.3, -0.25) is 4.79 Å². The van der Waals surface area contributed by atoms with E-state index in [1.807, 2.05) is 0 Å². The minimum absolute atomic E-state index is 0.0156. The highest BCUT2D eigenvalue weighted by Gasteiger charge is 2.15. The van der Waals surface area contributed by atoms with Crippen LogP contribution in [-0.2, 0) is 4.74 Å². The summed E-state index contributed by atoms with van der Waals surface area (Å²) in [5.74, 6) is -0.0793. The van der Waals surface area contributed by atoms with Crippen molar-refractivity contribution in [2.45, 2.75) is 20.3 Å². The van der Waals surface area contributed by atoms with Gasteiger partial charge < -0.3 is 9.47 Å². The third-order valence-corrected chi connectivity index (χ3v) is 2.34. The molecule has 0 aliphatic rings. The van der Waals surface area contributed by atoms with Crippen molar-refractivity contribution < 1.29 is 19.1 Å². The second-order valence-corrected chi connectivity index (χ2v) is 3.41. The number of hydrogen-bond donors (Lipinski definition) is 0. The van der Waals surface area contributed by atoms with Crippen molar-refractivity contribution in [1.29, 1.82) is 0 Å². The molecule has 0 aliphatic carbocycles. The van der Waals surface area contributed by atoms with Gasteiger partial charge in [0.15, 0.2) is 5.78 Å². The summed E-state index contributed by atoms with van der Waals surface area (Å²) in [6.07, 6.45) is 0.397. The van der Waals surface area contributed by atoms with Gasteiger partial charge >= 0.3 is 5.97 Å². The fourth-order valence-electron chi connectivity index (χ4n) is 1.45. The second-order valence-electron chi connectivity index (χ2n) is 3.41. The predicted molar refractivity (Wildman–Crippen MR) is 63.6 cm³/mol. The summed E-state index contributed by atoms with van der Waals surface area (Å²) >= 11 is 0. The zero-order valence-electron chi connectivity index (χ0n) is 10.3. The molecule has 0 saturated carbocycles. The first kappa shape index (κ1) is 13.2. The summed E-state index contributed by atoms with van der Waals surface area (Å²) in [5, 5.41) is 0. The Labute approximate surface area is 101 Å². The van der Waals surface area contributed by atoms with Crippen molar-refractivity contribution in [3.05, 3.63) is 29.3 Å². The van der Waals surface area contributed by atoms with Crippen LogP contribution in [0.1, 0.15) is 41.0 Å². The van der Waals surface area contributed by atoms with Crippen molar-refractivity contribution in [3.63, 3.8) is 0 Å². The van der Waals surface area contributed by atoms with E-state index in [1.54, 1.807) is 26.0 Å². The van der Waals surface area contributed by atoms with E-state index in [4.69, 9.17) is 9.47 Å². The van der Waals surface area contributed by atoms with Crippen LogP contribution in [0.25, 0.3) is 0 Å². The van der Waals surface area contributed by atoms with Gasteiger partial charge in [0.1, 0.15) is 11.3 Å². The van der Waals surface area contributed by atoms with Crippen LogP contribution in [0.15, 0.2) is 18.2 Å². The topological polar surface area (TPSA) is 52.6 Å². The van der Waals surface area contributed by atoms with E-state index in [-0.39, 0.29) is 18.0 Å². The van der Waals surface area contributed by atoms with Crippen molar-refractivity contribution in [2.24, 2.45) is 0 Å². The van der Waals surface area contributed by atoms with Gasteiger partial charge in [0.05, 0.1) is 13.7 Å². The molecule has 0 atom stereocenters. The Kier molecular flexibility index (Phi) is 4.69. The van der Waals surface area contributed by atoms with Gasteiger partial charge in [-0.25, -0.2) is 4.79 Å². The van der Waals surface area contributed by atoms with E-state index in [1.165, 1.54) is 13.2 Å². The monoisotopic (exact) mass is 236 g/mol. The first-order chi connectivity index (χ1) is 8.13. The number of rotatable bonds is 5. The number of ether oxygens (including phenoxy) is 2. The summed E-state index contributed by atoms with van der Waals surface area (Å²) in [7, 11) is 1.47. The molecule has 0 radical (unpaired) electrons. The number of esters is 1. The van der Waals surface area contributed by atoms with Crippen LogP contribution in [0.2, 0.25) is 0 Å². The Morgan fingerprint density at radius 3 is 2.47 bits per heavy atom. The van der Waals surface area contributed by atoms with Crippen molar-refractivity contribution >= 4 is 11.8 Å². The lowest BCUT2D eigenvalue weighted by Gasteiger charge is -2.09. The SMILES string of the molecule is CCOC(=O)c1cc(C(=O)CC)ccc1OC. The molecule has 4 nitrogen and oxygen atoms in total. The maximum absolute atomic E-state index is 11.7. The Balaban J connectivity index is 3.15. The molecule has 0 aliphatic heterocycles. The van der Waals surface area contributed by atoms with Crippen LogP contribution >= 0.6 is 0 Å². The fraction of sp³-hybridized carbons (Fsp3) is 0.385. The maximum Gasteiger partial charge on any atom is 0.341 e. The first-order valence-corrected chi connectivity index (χ1v) is 5.52. The molecule has 0 aromatic heterocycles. The molecular weight excluding hydrogens is 220 g/mol. The number of hydrogen-bond acceptors (Lipinski definition) is 4. The summed E-state index contributed by atoms with van der Waals surface area (Å²) in [4.78, 5) is 23.2. The fourth-order valence-corrected chi connectivity index (χ4v) is 1.45. The Hall–Kier alpha value is -1.84. The lowest BCUT2D eigenvalue weighted by atomic mass is 10.0. The smallest absolute Gasteiger partial charge is 0.341 e. The molecule has 17 heavy (non-hydrogen) atoms. The molecule has 1 aromatic carbocycles. The van der Waals surface area contributed by atoms with E-state index < -0.39 is 5.97 Å². The molecule has 92 valence electrons. The van der Waals surface area contributed by atoms with Crippen molar-refractivity contribution in [3.8, 4) is 5.75 Å². The van der Waals surface area contributed by atoms with E-state index in [0.717, 1.165) is 0 Å². The van der Waals surface area contributed by atoms with Gasteiger partial charge in [-0.05, 0) is 25.1 Å². The molecule has 0 saturated heterocycles. The average molecular weight is 236 g/mol. The van der Waals surface area contributed by atoms with Gasteiger partial charge in [0, 0.05) is 12.0 Å². The highest BCUT2D eigenvalue weighted by molar-refractivity contribution is 6.00. The van der Waals surface area contributed by atoms with Gasteiger partial charge in [0.2, 0.25) is 0 Å². The van der Waals surface area contributed by atoms with Crippen LogP contribution in [0.4, 0.5) is 0 Å². The molecule has 0 fully saturated rings. The molecule has 0 bridgehead atoms. The van der Waals surface area contributed by atoms with E-state index in [0.29, 0.717) is 17.7 Å². The largest absolute Gasteiger partial charge is 0.496 e. The predicted octanol–water partition coefficient (Wildman–Crippen LogP) is 2.46. The number of carbonyl (C=O) groups is 2. The highest BCUT2D eigenvalue weighted by atomic mass is 16.5. The zero-order chi connectivity index (χ0) is 12.8. The van der Waals surface area contributed by atoms with Crippen LogP contribution in [0.3, 0.4) is 0 Å². The van der Waals surface area contributed by atoms with E-state index in [9.17, 15) is 9.59 Å². The lowest BCUT2D eigenvalue weighted by molar-refractivity contribution is 0.0522. The molecular formula is C13H16O4. The summed E-state index contributed by atoms with van der Waals surface area (Å²) < 4.78 is 9.98. The molecule has 1 aromatic rings. The van der Waals surface area contributed by atoms with Gasteiger partial charge in [-0.15, -0.1) is 0 Å². The number of ketones is 1. The standard InChI is InChI=1S/C13H16O4/c1-4-11(14)9-6-7-12(16-3)10(8-9)13(15)17-5-2/h6-8H,4-5H2,1-3H3.